The molecule has 1 N–H and O–H groups in total. The van der Waals surface area contributed by atoms with Crippen LogP contribution in [0.2, 0.25) is 0 Å². The summed E-state index contributed by atoms with van der Waals surface area (Å²) in [6.45, 7) is 3.42. The van der Waals surface area contributed by atoms with Gasteiger partial charge < -0.3 is 14.7 Å². The van der Waals surface area contributed by atoms with Crippen LogP contribution < -0.4 is 9.64 Å². The van der Waals surface area contributed by atoms with Crippen LogP contribution >= 0.6 is 0 Å². The second-order valence-corrected chi connectivity index (χ2v) is 7.60. The maximum Gasteiger partial charge on any atom is 0.349 e. The van der Waals surface area contributed by atoms with E-state index in [2.05, 4.69) is 14.8 Å². The Morgan fingerprint density at radius 2 is 1.75 bits per heavy atom. The van der Waals surface area contributed by atoms with Gasteiger partial charge in [0.05, 0.1) is 6.04 Å². The van der Waals surface area contributed by atoms with Crippen LogP contribution in [0.3, 0.4) is 0 Å². The Morgan fingerprint density at radius 3 is 2.43 bits per heavy atom. The van der Waals surface area contributed by atoms with Crippen molar-refractivity contribution >= 4 is 11.7 Å². The number of aliphatic carboxylic acids is 1. The molecule has 1 aromatic heterocycles. The topological polar surface area (TPSA) is 65.9 Å². The smallest absolute Gasteiger partial charge is 0.349 e. The largest absolute Gasteiger partial charge is 0.478 e. The van der Waals surface area contributed by atoms with E-state index in [0.717, 1.165) is 45.4 Å². The molecule has 6 heteroatoms. The summed E-state index contributed by atoms with van der Waals surface area (Å²) in [5, 5.41) is 10.2. The number of carboxylic acid groups (broad SMARTS) is 1. The zero-order chi connectivity index (χ0) is 19.4. The third-order valence-electron chi connectivity index (χ3n) is 6.00. The van der Waals surface area contributed by atoms with Gasteiger partial charge in [0.25, 0.3) is 0 Å². The van der Waals surface area contributed by atoms with E-state index in [1.807, 2.05) is 54.9 Å². The summed E-state index contributed by atoms with van der Waals surface area (Å²) in [5.74, 6) is -0.218. The van der Waals surface area contributed by atoms with Gasteiger partial charge in [0.2, 0.25) is 5.60 Å². The van der Waals surface area contributed by atoms with Crippen LogP contribution in [0.4, 0.5) is 5.69 Å². The van der Waals surface area contributed by atoms with Crippen molar-refractivity contribution in [2.45, 2.75) is 37.3 Å². The summed E-state index contributed by atoms with van der Waals surface area (Å²) in [7, 11) is 0. The van der Waals surface area contributed by atoms with E-state index in [1.54, 1.807) is 0 Å². The van der Waals surface area contributed by atoms with Crippen molar-refractivity contribution in [3.63, 3.8) is 0 Å². The summed E-state index contributed by atoms with van der Waals surface area (Å²) in [6.07, 6.45) is 6.95. The molecule has 1 aliphatic heterocycles. The van der Waals surface area contributed by atoms with Crippen LogP contribution in [0.1, 0.15) is 25.7 Å². The zero-order valence-electron chi connectivity index (χ0n) is 16.0. The van der Waals surface area contributed by atoms with Gasteiger partial charge in [-0.05, 0) is 43.5 Å². The minimum Gasteiger partial charge on any atom is -0.478 e. The molecule has 6 nitrogen and oxygen atoms in total. The molecule has 1 aromatic carbocycles. The molecule has 2 atom stereocenters. The molecule has 2 fully saturated rings. The lowest BCUT2D eigenvalue weighted by molar-refractivity contribution is -0.167. The molecule has 1 aliphatic carbocycles. The van der Waals surface area contributed by atoms with Gasteiger partial charge in [0.1, 0.15) is 5.75 Å². The fourth-order valence-electron chi connectivity index (χ4n) is 4.56. The first-order chi connectivity index (χ1) is 13.7. The number of ether oxygens (including phenoxy) is 1. The highest BCUT2D eigenvalue weighted by Crippen LogP contribution is 2.37. The van der Waals surface area contributed by atoms with E-state index >= 15 is 0 Å². The number of anilines is 1. The lowest BCUT2D eigenvalue weighted by Gasteiger charge is -2.48. The molecule has 4 rings (SSSR count). The maximum atomic E-state index is 12.5. The number of rotatable bonds is 5. The SMILES string of the molecule is O=C(O)C1(Oc2ccccc2)CCCCC1N1CCN(c2ccncc2)CC1. The van der Waals surface area contributed by atoms with E-state index in [4.69, 9.17) is 4.74 Å². The summed E-state index contributed by atoms with van der Waals surface area (Å²) < 4.78 is 6.22. The number of nitrogens with zero attached hydrogens (tertiary/aromatic N) is 3. The highest BCUT2D eigenvalue weighted by molar-refractivity contribution is 5.79. The standard InChI is InChI=1S/C22H27N3O3/c26-21(27)22(28-19-6-2-1-3-7-19)11-5-4-8-20(22)25-16-14-24(15-17-25)18-9-12-23-13-10-18/h1-3,6-7,9-10,12-13,20H,4-5,8,11,14-17H2,(H,26,27). The van der Waals surface area contributed by atoms with Crippen molar-refractivity contribution in [1.29, 1.82) is 0 Å². The number of benzene rings is 1. The third-order valence-corrected chi connectivity index (χ3v) is 6.00. The van der Waals surface area contributed by atoms with Crippen LogP contribution in [0.5, 0.6) is 5.75 Å². The van der Waals surface area contributed by atoms with Gasteiger partial charge in [-0.1, -0.05) is 24.6 Å². The first-order valence-electron chi connectivity index (χ1n) is 10.1. The summed E-state index contributed by atoms with van der Waals surface area (Å²) in [5.41, 5.74) is -0.0124. The maximum absolute atomic E-state index is 12.5. The number of carboxylic acids is 1. The number of piperazine rings is 1. The van der Waals surface area contributed by atoms with E-state index in [0.29, 0.717) is 12.2 Å². The third kappa shape index (κ3) is 3.69. The Balaban J connectivity index is 1.52. The Hall–Kier alpha value is -2.60. The Kier molecular flexibility index (Phi) is 5.48. The molecular weight excluding hydrogens is 354 g/mol. The van der Waals surface area contributed by atoms with E-state index < -0.39 is 11.6 Å². The van der Waals surface area contributed by atoms with Gasteiger partial charge in [-0.25, -0.2) is 4.79 Å². The summed E-state index contributed by atoms with van der Waals surface area (Å²) in [6, 6.07) is 13.3. The average Bonchev–Trinajstić information content (AvgIpc) is 2.75. The first-order valence-corrected chi connectivity index (χ1v) is 10.1. The number of hydrogen-bond acceptors (Lipinski definition) is 5. The highest BCUT2D eigenvalue weighted by atomic mass is 16.5. The fraction of sp³-hybridized carbons (Fsp3) is 0.455. The Labute approximate surface area is 165 Å². The van der Waals surface area contributed by atoms with E-state index in [9.17, 15) is 9.90 Å². The van der Waals surface area contributed by atoms with Crippen molar-refractivity contribution in [2.75, 3.05) is 31.1 Å². The molecule has 2 unspecified atom stereocenters. The molecule has 2 heterocycles. The molecule has 0 amide bonds. The monoisotopic (exact) mass is 381 g/mol. The molecule has 1 saturated heterocycles. The zero-order valence-corrected chi connectivity index (χ0v) is 16.0. The highest BCUT2D eigenvalue weighted by Gasteiger charge is 2.52. The number of aromatic nitrogens is 1. The van der Waals surface area contributed by atoms with Gasteiger partial charge >= 0.3 is 5.97 Å². The van der Waals surface area contributed by atoms with Gasteiger partial charge in [0, 0.05) is 44.3 Å². The van der Waals surface area contributed by atoms with E-state index in [1.165, 1.54) is 5.69 Å². The lowest BCUT2D eigenvalue weighted by Crippen LogP contribution is -2.65. The molecule has 2 aliphatic rings. The second-order valence-electron chi connectivity index (χ2n) is 7.60. The van der Waals surface area contributed by atoms with Gasteiger partial charge in [-0.2, -0.15) is 0 Å². The summed E-state index contributed by atoms with van der Waals surface area (Å²) in [4.78, 5) is 21.2. The van der Waals surface area contributed by atoms with Crippen molar-refractivity contribution in [2.24, 2.45) is 0 Å². The van der Waals surface area contributed by atoms with E-state index in [-0.39, 0.29) is 6.04 Å². The Bertz CT molecular complexity index is 778. The molecule has 2 aromatic rings. The normalized spacial score (nSPS) is 26.0. The predicted molar refractivity (Wildman–Crippen MR) is 108 cm³/mol. The molecular formula is C22H27N3O3. The fourth-order valence-corrected chi connectivity index (χ4v) is 4.56. The van der Waals surface area contributed by atoms with Crippen molar-refractivity contribution in [1.82, 2.24) is 9.88 Å². The number of para-hydroxylation sites is 1. The van der Waals surface area contributed by atoms with Crippen molar-refractivity contribution in [3.05, 3.63) is 54.9 Å². The van der Waals surface area contributed by atoms with Gasteiger partial charge in [0.15, 0.2) is 0 Å². The quantitative estimate of drug-likeness (QED) is 0.859. The lowest BCUT2D eigenvalue weighted by atomic mass is 9.78. The number of pyridine rings is 1. The van der Waals surface area contributed by atoms with Gasteiger partial charge in [-0.15, -0.1) is 0 Å². The van der Waals surface area contributed by atoms with Crippen LogP contribution in [0.25, 0.3) is 0 Å². The summed E-state index contributed by atoms with van der Waals surface area (Å²) >= 11 is 0. The van der Waals surface area contributed by atoms with Crippen molar-refractivity contribution in [3.8, 4) is 5.75 Å². The van der Waals surface area contributed by atoms with Crippen LogP contribution in [-0.2, 0) is 4.79 Å². The second kappa shape index (κ2) is 8.19. The molecule has 28 heavy (non-hydrogen) atoms. The molecule has 0 bridgehead atoms. The van der Waals surface area contributed by atoms with Crippen molar-refractivity contribution < 1.29 is 14.6 Å². The molecule has 0 spiro atoms. The first kappa shape index (κ1) is 18.7. The molecule has 1 saturated carbocycles. The molecule has 0 radical (unpaired) electrons. The number of carbonyl (C=O) groups is 1. The van der Waals surface area contributed by atoms with Crippen LogP contribution in [0, 0.1) is 0 Å². The minimum atomic E-state index is -1.18. The Morgan fingerprint density at radius 1 is 1.04 bits per heavy atom. The minimum absolute atomic E-state index is 0.112. The number of hydrogen-bond donors (Lipinski definition) is 1. The van der Waals surface area contributed by atoms with Gasteiger partial charge in [-0.3, -0.25) is 9.88 Å². The van der Waals surface area contributed by atoms with Crippen LogP contribution in [0.15, 0.2) is 54.9 Å². The average molecular weight is 381 g/mol. The van der Waals surface area contributed by atoms with Crippen LogP contribution in [-0.4, -0.2) is 58.8 Å². The predicted octanol–water partition coefficient (Wildman–Crippen LogP) is 3.05. The molecule has 148 valence electrons.